The van der Waals surface area contributed by atoms with E-state index in [9.17, 15) is 28.1 Å². The van der Waals surface area contributed by atoms with Crippen molar-refractivity contribution >= 4 is 32.6 Å². The molecule has 1 aromatic heterocycles. The summed E-state index contributed by atoms with van der Waals surface area (Å²) in [6.45, 7) is 3.43. The molecule has 5 aromatic rings. The zero-order valence-corrected chi connectivity index (χ0v) is 24.0. The third kappa shape index (κ3) is 6.53. The Bertz CT molecular complexity index is 1990. The summed E-state index contributed by atoms with van der Waals surface area (Å²) < 4.78 is 40.3. The third-order valence-corrected chi connectivity index (χ3v) is 8.31. The molecular weight excluding hydrogens is 572 g/mol. The number of nitrogens with zero attached hydrogens (tertiary/aromatic N) is 1. The van der Waals surface area contributed by atoms with Gasteiger partial charge in [0.15, 0.2) is 0 Å². The zero-order chi connectivity index (χ0) is 30.7. The smallest absolute Gasteiger partial charge is 0.329 e. The lowest BCUT2D eigenvalue weighted by Gasteiger charge is -2.18. The first-order valence-corrected chi connectivity index (χ1v) is 14.7. The first-order chi connectivity index (χ1) is 20.5. The second kappa shape index (κ2) is 12.0. The van der Waals surface area contributed by atoms with Crippen molar-refractivity contribution in [3.63, 3.8) is 0 Å². The number of sulfonamides is 1. The van der Waals surface area contributed by atoms with Crippen LogP contribution in [0.25, 0.3) is 22.1 Å². The first-order valence-electron chi connectivity index (χ1n) is 13.2. The first kappa shape index (κ1) is 29.4. The molecule has 43 heavy (non-hydrogen) atoms. The van der Waals surface area contributed by atoms with Crippen LogP contribution in [0.3, 0.4) is 0 Å². The van der Waals surface area contributed by atoms with Crippen LogP contribution in [0.15, 0.2) is 111 Å². The molecular formula is C32H26N2O8S. The van der Waals surface area contributed by atoms with Gasteiger partial charge in [0.25, 0.3) is 5.69 Å². The summed E-state index contributed by atoms with van der Waals surface area (Å²) in [5, 5.41) is 11.2. The van der Waals surface area contributed by atoms with Gasteiger partial charge >= 0.3 is 5.97 Å². The summed E-state index contributed by atoms with van der Waals surface area (Å²) in [6.07, 6.45) is 0.0329. The fraction of sp³-hybridized carbons (Fsp3) is 0.125. The van der Waals surface area contributed by atoms with E-state index in [0.29, 0.717) is 5.56 Å². The van der Waals surface area contributed by atoms with Crippen LogP contribution in [-0.4, -0.2) is 25.4 Å². The number of fused-ring (bicyclic) bond motifs is 1. The van der Waals surface area contributed by atoms with Crippen LogP contribution < -0.4 is 14.9 Å². The zero-order valence-electron chi connectivity index (χ0n) is 23.1. The molecule has 218 valence electrons. The molecule has 5 rings (SSSR count). The average Bonchev–Trinajstić information content (AvgIpc) is 2.97. The van der Waals surface area contributed by atoms with E-state index in [1.54, 1.807) is 43.3 Å². The number of ether oxygens (including phenoxy) is 1. The molecule has 1 N–H and O–H groups in total. The highest BCUT2D eigenvalue weighted by atomic mass is 32.2. The lowest BCUT2D eigenvalue weighted by Crippen LogP contribution is -2.44. The van der Waals surface area contributed by atoms with Gasteiger partial charge in [0.1, 0.15) is 23.1 Å². The number of benzene rings is 4. The third-order valence-electron chi connectivity index (χ3n) is 6.82. The van der Waals surface area contributed by atoms with Gasteiger partial charge in [0.05, 0.1) is 20.8 Å². The van der Waals surface area contributed by atoms with Gasteiger partial charge in [-0.05, 0) is 67.8 Å². The largest absolute Gasteiger partial charge is 0.460 e. The number of aryl methyl sites for hydroxylation is 2. The quantitative estimate of drug-likeness (QED) is 0.102. The minimum atomic E-state index is -4.07. The normalized spacial score (nSPS) is 12.1. The van der Waals surface area contributed by atoms with Crippen molar-refractivity contribution in [3.05, 3.63) is 134 Å². The monoisotopic (exact) mass is 598 g/mol. The van der Waals surface area contributed by atoms with E-state index < -0.39 is 27.0 Å². The fourth-order valence-electron chi connectivity index (χ4n) is 4.62. The van der Waals surface area contributed by atoms with Crippen LogP contribution in [0.5, 0.6) is 5.75 Å². The van der Waals surface area contributed by atoms with Gasteiger partial charge in [-0.3, -0.25) is 14.9 Å². The Balaban J connectivity index is 1.44. The molecule has 0 saturated heterocycles. The number of hydrogen-bond acceptors (Lipinski definition) is 8. The summed E-state index contributed by atoms with van der Waals surface area (Å²) in [5.74, 6) is -0.529. The summed E-state index contributed by atoms with van der Waals surface area (Å²) in [5.41, 5.74) is 1.99. The minimum Gasteiger partial charge on any atom is -0.460 e. The molecule has 0 saturated carbocycles. The van der Waals surface area contributed by atoms with Gasteiger partial charge in [-0.15, -0.1) is 0 Å². The van der Waals surface area contributed by atoms with E-state index in [0.717, 1.165) is 11.1 Å². The van der Waals surface area contributed by atoms with Gasteiger partial charge < -0.3 is 9.15 Å². The maximum Gasteiger partial charge on any atom is 0.329 e. The molecule has 0 amide bonds. The Hall–Kier alpha value is -5.13. The van der Waals surface area contributed by atoms with E-state index in [4.69, 9.17) is 9.15 Å². The molecule has 0 unspecified atom stereocenters. The predicted molar refractivity (Wildman–Crippen MR) is 160 cm³/mol. The van der Waals surface area contributed by atoms with E-state index in [-0.39, 0.29) is 50.5 Å². The summed E-state index contributed by atoms with van der Waals surface area (Å²) in [6, 6.07) is 23.7. The van der Waals surface area contributed by atoms with Gasteiger partial charge in [-0.25, -0.2) is 13.2 Å². The number of hydrogen-bond donors (Lipinski definition) is 1. The molecule has 0 bridgehead atoms. The van der Waals surface area contributed by atoms with Crippen LogP contribution in [-0.2, 0) is 21.2 Å². The van der Waals surface area contributed by atoms with Crippen molar-refractivity contribution in [3.8, 4) is 16.9 Å². The molecule has 1 atom stereocenters. The van der Waals surface area contributed by atoms with E-state index >= 15 is 0 Å². The van der Waals surface area contributed by atoms with Crippen LogP contribution in [0.4, 0.5) is 5.69 Å². The van der Waals surface area contributed by atoms with E-state index in [1.807, 2.05) is 13.0 Å². The molecule has 11 heteroatoms. The number of esters is 1. The Morgan fingerprint density at radius 2 is 1.63 bits per heavy atom. The highest BCUT2D eigenvalue weighted by Crippen LogP contribution is 2.28. The van der Waals surface area contributed by atoms with Crippen molar-refractivity contribution in [1.29, 1.82) is 0 Å². The van der Waals surface area contributed by atoms with Gasteiger partial charge in [-0.1, -0.05) is 48.0 Å². The molecule has 0 aliphatic heterocycles. The standard InChI is InChI=1S/C32H26N2O8S/c1-20-8-15-26(16-9-20)43(39,40)33-28(18-22-6-4-3-5-7-22)32(36)42-25-14-17-27-29(19-25)41-21(2)30(31(27)35)23-10-12-24(13-11-23)34(37)38/h3-17,19,28,33H,18H2,1-2H3/t28-/m0/s1. The van der Waals surface area contributed by atoms with Gasteiger partial charge in [0.2, 0.25) is 15.5 Å². The average molecular weight is 599 g/mol. The molecule has 1 heterocycles. The molecule has 0 aliphatic carbocycles. The summed E-state index contributed by atoms with van der Waals surface area (Å²) in [7, 11) is -4.07. The lowest BCUT2D eigenvalue weighted by atomic mass is 10.0. The maximum absolute atomic E-state index is 13.4. The SMILES string of the molecule is Cc1ccc(S(=O)(=O)N[C@@H](Cc2ccccc2)C(=O)Oc2ccc3c(=O)c(-c4ccc([N+](=O)[O-])cc4)c(C)oc3c2)cc1. The van der Waals surface area contributed by atoms with E-state index in [2.05, 4.69) is 4.72 Å². The highest BCUT2D eigenvalue weighted by Gasteiger charge is 2.28. The van der Waals surface area contributed by atoms with Crippen molar-refractivity contribution < 1.29 is 27.3 Å². The van der Waals surface area contributed by atoms with Crippen LogP contribution in [0, 0.1) is 24.0 Å². The van der Waals surface area contributed by atoms with Crippen molar-refractivity contribution in [2.75, 3.05) is 0 Å². The fourth-order valence-corrected chi connectivity index (χ4v) is 5.80. The van der Waals surface area contributed by atoms with Gasteiger partial charge in [0, 0.05) is 18.2 Å². The summed E-state index contributed by atoms with van der Waals surface area (Å²) >= 11 is 0. The lowest BCUT2D eigenvalue weighted by molar-refractivity contribution is -0.384. The van der Waals surface area contributed by atoms with Crippen molar-refractivity contribution in [2.24, 2.45) is 0 Å². The molecule has 0 fully saturated rings. The number of carbonyl (C=O) groups excluding carboxylic acids is 1. The Kier molecular flexibility index (Phi) is 8.20. The second-order valence-corrected chi connectivity index (χ2v) is 11.6. The van der Waals surface area contributed by atoms with Crippen LogP contribution >= 0.6 is 0 Å². The van der Waals surface area contributed by atoms with E-state index in [1.165, 1.54) is 54.6 Å². The molecule has 0 aliphatic rings. The highest BCUT2D eigenvalue weighted by molar-refractivity contribution is 7.89. The van der Waals surface area contributed by atoms with Gasteiger partial charge in [-0.2, -0.15) is 4.72 Å². The number of nitro benzene ring substituents is 1. The maximum atomic E-state index is 13.4. The van der Waals surface area contributed by atoms with Crippen LogP contribution in [0.1, 0.15) is 16.9 Å². The number of carbonyl (C=O) groups is 1. The predicted octanol–water partition coefficient (Wildman–Crippen LogP) is 5.48. The molecule has 0 spiro atoms. The second-order valence-electron chi connectivity index (χ2n) is 9.92. The topological polar surface area (TPSA) is 146 Å². The number of rotatable bonds is 9. The minimum absolute atomic E-state index is 0.00995. The number of nitro groups is 1. The Morgan fingerprint density at radius 3 is 2.28 bits per heavy atom. The van der Waals surface area contributed by atoms with Crippen molar-refractivity contribution in [1.82, 2.24) is 4.72 Å². The van der Waals surface area contributed by atoms with Crippen molar-refractivity contribution in [2.45, 2.75) is 31.2 Å². The van der Waals surface area contributed by atoms with Crippen LogP contribution in [0.2, 0.25) is 0 Å². The Morgan fingerprint density at radius 1 is 0.953 bits per heavy atom. The molecule has 0 radical (unpaired) electrons. The number of non-ortho nitro benzene ring substituents is 1. The summed E-state index contributed by atoms with van der Waals surface area (Å²) in [4.78, 5) is 37.2. The number of nitrogens with one attached hydrogen (secondary N) is 1. The molecule has 4 aromatic carbocycles. The Labute approximate surface area is 246 Å². The molecule has 10 nitrogen and oxygen atoms in total.